The van der Waals surface area contributed by atoms with Gasteiger partial charge in [-0.25, -0.2) is 0 Å². The highest BCUT2D eigenvalue weighted by molar-refractivity contribution is 6.35. The Morgan fingerprint density at radius 1 is 1.20 bits per heavy atom. The Balaban J connectivity index is 2.16. The van der Waals surface area contributed by atoms with Gasteiger partial charge >= 0.3 is 7.32 Å². The van der Waals surface area contributed by atoms with Crippen molar-refractivity contribution in [2.45, 2.75) is 26.2 Å². The molecule has 3 nitrogen and oxygen atoms in total. The maximum Gasteiger partial charge on any atom is 0.710 e. The first-order chi connectivity index (χ1) is 7.33. The maximum atomic E-state index is 9.36. The minimum absolute atomic E-state index is 0.530. The summed E-state index contributed by atoms with van der Waals surface area (Å²) in [5.41, 5.74) is 0. The third-order valence-corrected chi connectivity index (χ3v) is 1.99. The van der Waals surface area contributed by atoms with Gasteiger partial charge in [-0.2, -0.15) is 0 Å². The molecule has 1 aromatic carbocycles. The van der Waals surface area contributed by atoms with E-state index in [1.807, 2.05) is 18.2 Å². The third-order valence-electron chi connectivity index (χ3n) is 1.99. The first-order valence-corrected chi connectivity index (χ1v) is 5.34. The molecule has 0 saturated heterocycles. The number of hydrogen-bond acceptors (Lipinski definition) is 3. The molecule has 0 unspecified atom stereocenters. The average Bonchev–Trinajstić information content (AvgIpc) is 2.26. The Morgan fingerprint density at radius 2 is 1.93 bits per heavy atom. The first-order valence-electron chi connectivity index (χ1n) is 5.34. The monoisotopic (exact) mass is 208 g/mol. The van der Waals surface area contributed by atoms with Crippen LogP contribution in [-0.2, 0) is 4.65 Å². The molecule has 0 radical (unpaired) electrons. The summed E-state index contributed by atoms with van der Waals surface area (Å²) in [6, 6.07) is 9.14. The highest BCUT2D eigenvalue weighted by atomic mass is 16.7. The molecule has 82 valence electrons. The summed E-state index contributed by atoms with van der Waals surface area (Å²) in [4.78, 5) is 0. The van der Waals surface area contributed by atoms with E-state index in [2.05, 4.69) is 6.92 Å². The molecule has 0 heterocycles. The summed E-state index contributed by atoms with van der Waals surface area (Å²) in [5.74, 6) is 0.612. The second kappa shape index (κ2) is 7.32. The van der Waals surface area contributed by atoms with E-state index in [0.29, 0.717) is 12.4 Å². The van der Waals surface area contributed by atoms with Gasteiger partial charge in [0.25, 0.3) is 0 Å². The van der Waals surface area contributed by atoms with Gasteiger partial charge in [-0.3, -0.25) is 0 Å². The number of hydrogen-bond donors (Lipinski definition) is 1. The van der Waals surface area contributed by atoms with E-state index < -0.39 is 7.32 Å². The molecule has 0 aliphatic carbocycles. The highest BCUT2D eigenvalue weighted by Gasteiger charge is 2.17. The molecule has 4 heteroatoms. The van der Waals surface area contributed by atoms with E-state index in [1.54, 1.807) is 12.1 Å². The fraction of sp³-hybridized carbons (Fsp3) is 0.455. The quantitative estimate of drug-likeness (QED) is 0.551. The van der Waals surface area contributed by atoms with Crippen molar-refractivity contribution >= 4 is 7.32 Å². The van der Waals surface area contributed by atoms with Crippen LogP contribution in [-0.4, -0.2) is 19.0 Å². The minimum Gasteiger partial charge on any atom is -0.512 e. The van der Waals surface area contributed by atoms with Gasteiger partial charge in [0.2, 0.25) is 0 Å². The van der Waals surface area contributed by atoms with Crippen molar-refractivity contribution in [3.8, 4) is 5.75 Å². The summed E-state index contributed by atoms with van der Waals surface area (Å²) in [6.07, 6.45) is 3.20. The molecule has 0 atom stereocenters. The lowest BCUT2D eigenvalue weighted by atomic mass is 10.2. The lowest BCUT2D eigenvalue weighted by Gasteiger charge is -2.09. The summed E-state index contributed by atoms with van der Waals surface area (Å²) >= 11 is 0. The molecule has 0 fully saturated rings. The number of benzene rings is 1. The smallest absolute Gasteiger partial charge is 0.512 e. The molecule has 1 rings (SSSR count). The normalized spacial score (nSPS) is 10.0. The molecule has 1 N–H and O–H groups in total. The van der Waals surface area contributed by atoms with Gasteiger partial charge in [0.05, 0.1) is 0 Å². The van der Waals surface area contributed by atoms with Crippen molar-refractivity contribution in [3.63, 3.8) is 0 Å². The zero-order valence-electron chi connectivity index (χ0n) is 9.06. The van der Waals surface area contributed by atoms with Crippen molar-refractivity contribution < 1.29 is 14.3 Å². The third kappa shape index (κ3) is 5.45. The fourth-order valence-corrected chi connectivity index (χ4v) is 1.19. The minimum atomic E-state index is -1.16. The Labute approximate surface area is 91.2 Å². The van der Waals surface area contributed by atoms with Crippen LogP contribution in [0.3, 0.4) is 0 Å². The van der Waals surface area contributed by atoms with Crippen LogP contribution in [0.2, 0.25) is 0 Å². The second-order valence-corrected chi connectivity index (χ2v) is 3.32. The number of rotatable bonds is 7. The van der Waals surface area contributed by atoms with Gasteiger partial charge in [-0.15, -0.1) is 0 Å². The summed E-state index contributed by atoms with van der Waals surface area (Å²) in [7, 11) is -1.16. The van der Waals surface area contributed by atoms with Gasteiger partial charge in [-0.05, 0) is 18.6 Å². The van der Waals surface area contributed by atoms with Gasteiger partial charge < -0.3 is 14.3 Å². The molecule has 0 bridgehead atoms. The topological polar surface area (TPSA) is 38.7 Å². The predicted octanol–water partition coefficient (Wildman–Crippen LogP) is 2.25. The van der Waals surface area contributed by atoms with E-state index in [1.165, 1.54) is 0 Å². The van der Waals surface area contributed by atoms with Gasteiger partial charge in [0, 0.05) is 6.61 Å². The van der Waals surface area contributed by atoms with Gasteiger partial charge in [0.15, 0.2) is 0 Å². The molecule has 0 amide bonds. The van der Waals surface area contributed by atoms with Crippen LogP contribution in [0.25, 0.3) is 0 Å². The number of para-hydroxylation sites is 1. The lowest BCUT2D eigenvalue weighted by molar-refractivity contribution is 0.189. The zero-order chi connectivity index (χ0) is 10.9. The van der Waals surface area contributed by atoms with Crippen LogP contribution in [0.1, 0.15) is 26.2 Å². The van der Waals surface area contributed by atoms with Crippen molar-refractivity contribution in [1.82, 2.24) is 0 Å². The molecule has 1 aromatic rings. The Morgan fingerprint density at radius 3 is 2.60 bits per heavy atom. The second-order valence-electron chi connectivity index (χ2n) is 3.32. The van der Waals surface area contributed by atoms with Crippen molar-refractivity contribution in [1.29, 1.82) is 0 Å². The molecule has 0 aliphatic heterocycles. The Kier molecular flexibility index (Phi) is 5.89. The molecule has 0 aromatic heterocycles. The van der Waals surface area contributed by atoms with Crippen LogP contribution in [0, 0.1) is 0 Å². The van der Waals surface area contributed by atoms with Crippen molar-refractivity contribution in [3.05, 3.63) is 30.3 Å². The lowest BCUT2D eigenvalue weighted by Crippen LogP contribution is -2.26. The van der Waals surface area contributed by atoms with Crippen LogP contribution in [0.4, 0.5) is 0 Å². The Bertz CT molecular complexity index is 253. The van der Waals surface area contributed by atoms with E-state index in [-0.39, 0.29) is 0 Å². The van der Waals surface area contributed by atoms with Crippen LogP contribution >= 0.6 is 0 Å². The van der Waals surface area contributed by atoms with Crippen LogP contribution in [0.15, 0.2) is 30.3 Å². The zero-order valence-corrected chi connectivity index (χ0v) is 9.06. The first kappa shape index (κ1) is 12.1. The van der Waals surface area contributed by atoms with E-state index >= 15 is 0 Å². The molecule has 0 aliphatic rings. The Hall–Kier alpha value is -0.995. The molecule has 0 spiro atoms. The van der Waals surface area contributed by atoms with Gasteiger partial charge in [-0.1, -0.05) is 38.0 Å². The summed E-state index contributed by atoms with van der Waals surface area (Å²) in [5, 5.41) is 9.36. The van der Waals surface area contributed by atoms with Crippen molar-refractivity contribution in [2.75, 3.05) is 6.61 Å². The van der Waals surface area contributed by atoms with Crippen LogP contribution in [0.5, 0.6) is 5.75 Å². The van der Waals surface area contributed by atoms with Crippen molar-refractivity contribution in [2.24, 2.45) is 0 Å². The molecular weight excluding hydrogens is 191 g/mol. The van der Waals surface area contributed by atoms with E-state index in [0.717, 1.165) is 19.3 Å². The molecule has 15 heavy (non-hydrogen) atoms. The standard InChI is InChI=1S/C11H17BO3/c1-2-3-7-10-14-12(13)15-11-8-5-4-6-9-11/h4-6,8-9,13H,2-3,7,10H2,1H3. The van der Waals surface area contributed by atoms with E-state index in [4.69, 9.17) is 9.31 Å². The molecule has 0 saturated carbocycles. The predicted molar refractivity (Wildman–Crippen MR) is 60.5 cm³/mol. The SMILES string of the molecule is CCCCCOB(O)Oc1ccccc1. The fourth-order valence-electron chi connectivity index (χ4n) is 1.19. The average molecular weight is 208 g/mol. The maximum absolute atomic E-state index is 9.36. The van der Waals surface area contributed by atoms with Crippen LogP contribution < -0.4 is 4.65 Å². The van der Waals surface area contributed by atoms with Gasteiger partial charge in [0.1, 0.15) is 5.75 Å². The summed E-state index contributed by atoms with van der Waals surface area (Å²) in [6.45, 7) is 2.65. The number of unbranched alkanes of at least 4 members (excludes halogenated alkanes) is 2. The highest BCUT2D eigenvalue weighted by Crippen LogP contribution is 2.09. The largest absolute Gasteiger partial charge is 0.710 e. The van der Waals surface area contributed by atoms with E-state index in [9.17, 15) is 5.02 Å². The summed E-state index contributed by atoms with van der Waals surface area (Å²) < 4.78 is 10.2. The molecular formula is C11H17BO3.